The maximum absolute atomic E-state index is 14.0. The summed E-state index contributed by atoms with van der Waals surface area (Å²) in [7, 11) is 0. The van der Waals surface area contributed by atoms with Gasteiger partial charge in [-0.2, -0.15) is 26.3 Å². The van der Waals surface area contributed by atoms with Gasteiger partial charge in [0.2, 0.25) is 5.91 Å². The Balaban J connectivity index is 0.000000269. The van der Waals surface area contributed by atoms with E-state index in [-0.39, 0.29) is 33.6 Å². The molecule has 0 atom stereocenters. The van der Waals surface area contributed by atoms with E-state index >= 15 is 0 Å². The number of thioether (sulfide) groups is 2. The lowest BCUT2D eigenvalue weighted by Gasteiger charge is -2.19. The standard InChI is InChI=1S/C13H11F4NOS2.C9H9F4NS/c1-7-4-8(14)9(18-11(19)2-3-12(18)20)5-10(7)21-6-13(15,16)17;1-5-2-6(10)7(14)3-8(5)15-4-9(11,12)13/h4-5H,2-3,6H2,1H3;2-3H,4,14H2,1H3. The van der Waals surface area contributed by atoms with E-state index in [0.29, 0.717) is 46.0 Å². The maximum atomic E-state index is 14.0. The van der Waals surface area contributed by atoms with Crippen molar-refractivity contribution >= 4 is 58.0 Å². The summed E-state index contributed by atoms with van der Waals surface area (Å²) in [5, 5.41) is 0. The molecule has 1 fully saturated rings. The molecule has 3 rings (SSSR count). The lowest BCUT2D eigenvalue weighted by molar-refractivity contribution is -0.116. The highest BCUT2D eigenvalue weighted by Crippen LogP contribution is 2.35. The summed E-state index contributed by atoms with van der Waals surface area (Å²) >= 11 is 6.18. The van der Waals surface area contributed by atoms with Crippen LogP contribution in [0.1, 0.15) is 24.0 Å². The monoisotopic (exact) mass is 576 g/mol. The van der Waals surface area contributed by atoms with E-state index in [9.17, 15) is 39.9 Å². The van der Waals surface area contributed by atoms with Crippen molar-refractivity contribution in [2.24, 2.45) is 0 Å². The number of hydrogen-bond acceptors (Lipinski definition) is 5. The van der Waals surface area contributed by atoms with Crippen LogP contribution in [0.25, 0.3) is 0 Å². The first kappa shape index (κ1) is 30.2. The molecule has 0 aliphatic carbocycles. The van der Waals surface area contributed by atoms with Crippen molar-refractivity contribution in [2.45, 2.75) is 48.8 Å². The summed E-state index contributed by atoms with van der Waals surface area (Å²) < 4.78 is 99.6. The molecule has 0 aromatic heterocycles. The molecule has 198 valence electrons. The first-order valence-corrected chi connectivity index (χ1v) is 12.5. The smallest absolute Gasteiger partial charge is 0.396 e. The van der Waals surface area contributed by atoms with Crippen LogP contribution >= 0.6 is 35.7 Å². The molecule has 1 aliphatic heterocycles. The molecule has 2 aromatic rings. The number of carbonyl (C=O) groups excluding carboxylic acids is 1. The van der Waals surface area contributed by atoms with Crippen LogP contribution in [0.3, 0.4) is 0 Å². The van der Waals surface area contributed by atoms with Crippen molar-refractivity contribution in [3.63, 3.8) is 0 Å². The van der Waals surface area contributed by atoms with Crippen molar-refractivity contribution < 1.29 is 39.9 Å². The van der Waals surface area contributed by atoms with Gasteiger partial charge in [0.05, 0.1) is 27.9 Å². The summed E-state index contributed by atoms with van der Waals surface area (Å²) in [6.45, 7) is 3.07. The van der Waals surface area contributed by atoms with Crippen molar-refractivity contribution in [3.05, 3.63) is 47.0 Å². The summed E-state index contributed by atoms with van der Waals surface area (Å²) in [4.78, 5) is 13.7. The normalized spacial score (nSPS) is 14.2. The Morgan fingerprint density at radius 1 is 0.861 bits per heavy atom. The number of anilines is 2. The SMILES string of the molecule is Cc1cc(F)c(N)cc1SCC(F)(F)F.Cc1cc(F)c(N2C(=O)CCC2=S)cc1SCC(F)(F)F. The van der Waals surface area contributed by atoms with Crippen molar-refractivity contribution in [1.29, 1.82) is 0 Å². The van der Waals surface area contributed by atoms with Crippen LogP contribution < -0.4 is 10.6 Å². The van der Waals surface area contributed by atoms with E-state index in [0.717, 1.165) is 17.0 Å². The van der Waals surface area contributed by atoms with E-state index in [1.165, 1.54) is 19.1 Å². The first-order chi connectivity index (χ1) is 16.5. The Hall–Kier alpha value is -2.06. The molecule has 1 aliphatic rings. The van der Waals surface area contributed by atoms with Crippen molar-refractivity contribution in [3.8, 4) is 0 Å². The average Bonchev–Trinajstić information content (AvgIpc) is 3.06. The van der Waals surface area contributed by atoms with E-state index in [1.807, 2.05) is 0 Å². The summed E-state index contributed by atoms with van der Waals surface area (Å²) in [5.41, 5.74) is 5.90. The highest BCUT2D eigenvalue weighted by molar-refractivity contribution is 7.99. The zero-order chi connectivity index (χ0) is 27.4. The molecule has 0 unspecified atom stereocenters. The minimum atomic E-state index is -4.32. The number of rotatable bonds is 5. The zero-order valence-electron chi connectivity index (χ0n) is 18.8. The summed E-state index contributed by atoms with van der Waals surface area (Å²) in [6.07, 6.45) is -8.01. The maximum Gasteiger partial charge on any atom is 0.398 e. The molecule has 14 heteroatoms. The second kappa shape index (κ2) is 12.0. The predicted octanol–water partition coefficient (Wildman–Crippen LogP) is 7.61. The predicted molar refractivity (Wildman–Crippen MR) is 130 cm³/mol. The summed E-state index contributed by atoms with van der Waals surface area (Å²) in [6, 6.07) is 4.74. The Morgan fingerprint density at radius 3 is 1.78 bits per heavy atom. The van der Waals surface area contributed by atoms with Crippen LogP contribution in [0.4, 0.5) is 46.5 Å². The van der Waals surface area contributed by atoms with E-state index in [1.54, 1.807) is 6.92 Å². The van der Waals surface area contributed by atoms with Crippen LogP contribution in [0, 0.1) is 25.5 Å². The van der Waals surface area contributed by atoms with Gasteiger partial charge in [-0.1, -0.05) is 12.2 Å². The number of amides is 1. The molecule has 1 heterocycles. The third-order valence-corrected chi connectivity index (χ3v) is 7.45. The fraction of sp³-hybridized carbons (Fsp3) is 0.364. The van der Waals surface area contributed by atoms with Gasteiger partial charge >= 0.3 is 12.4 Å². The highest BCUT2D eigenvalue weighted by atomic mass is 32.2. The molecule has 0 spiro atoms. The van der Waals surface area contributed by atoms with E-state index in [2.05, 4.69) is 0 Å². The van der Waals surface area contributed by atoms with Gasteiger partial charge in [-0.25, -0.2) is 8.78 Å². The van der Waals surface area contributed by atoms with Gasteiger partial charge in [0.15, 0.2) is 0 Å². The molecule has 0 radical (unpaired) electrons. The molecule has 0 bridgehead atoms. The van der Waals surface area contributed by atoms with E-state index in [4.69, 9.17) is 18.0 Å². The van der Waals surface area contributed by atoms with Gasteiger partial charge in [0, 0.05) is 22.6 Å². The minimum absolute atomic E-state index is 0.0715. The molecule has 1 amide bonds. The second-order valence-corrected chi connectivity index (χ2v) is 10.1. The van der Waals surface area contributed by atoms with E-state index < -0.39 is 35.5 Å². The number of halogens is 8. The molecule has 0 saturated carbocycles. The average molecular weight is 577 g/mol. The van der Waals surface area contributed by atoms with Gasteiger partial charge in [0.1, 0.15) is 11.6 Å². The van der Waals surface area contributed by atoms with Crippen LogP contribution in [0.15, 0.2) is 34.1 Å². The summed E-state index contributed by atoms with van der Waals surface area (Å²) in [5.74, 6) is -3.68. The van der Waals surface area contributed by atoms with Gasteiger partial charge in [-0.15, -0.1) is 23.5 Å². The van der Waals surface area contributed by atoms with Gasteiger partial charge in [-0.05, 0) is 49.2 Å². The topological polar surface area (TPSA) is 46.3 Å². The Labute approximate surface area is 215 Å². The Bertz CT molecular complexity index is 1120. The molecule has 2 aromatic carbocycles. The zero-order valence-corrected chi connectivity index (χ0v) is 21.3. The number of nitrogens with two attached hydrogens (primary N) is 1. The molecule has 1 saturated heterocycles. The number of nitrogens with zero attached hydrogens (tertiary/aromatic N) is 1. The first-order valence-electron chi connectivity index (χ1n) is 10.1. The minimum Gasteiger partial charge on any atom is -0.396 e. The number of alkyl halides is 6. The number of benzene rings is 2. The lowest BCUT2D eigenvalue weighted by Crippen LogP contribution is -2.28. The number of hydrogen-bond donors (Lipinski definition) is 1. The third-order valence-electron chi connectivity index (χ3n) is 4.61. The van der Waals surface area contributed by atoms with Crippen LogP contribution in [-0.4, -0.2) is 34.8 Å². The molecule has 3 nitrogen and oxygen atoms in total. The number of nitrogen functional groups attached to an aromatic ring is 1. The van der Waals surface area contributed by atoms with Crippen molar-refractivity contribution in [1.82, 2.24) is 0 Å². The van der Waals surface area contributed by atoms with Crippen LogP contribution in [0.5, 0.6) is 0 Å². The molecular weight excluding hydrogens is 556 g/mol. The Morgan fingerprint density at radius 2 is 1.33 bits per heavy atom. The largest absolute Gasteiger partial charge is 0.398 e. The number of carbonyl (C=O) groups is 1. The van der Waals surface area contributed by atoms with Gasteiger partial charge in [0.25, 0.3) is 0 Å². The van der Waals surface area contributed by atoms with Gasteiger partial charge < -0.3 is 5.73 Å². The molecule has 2 N–H and O–H groups in total. The van der Waals surface area contributed by atoms with Gasteiger partial charge in [-0.3, -0.25) is 9.69 Å². The second-order valence-electron chi connectivity index (χ2n) is 7.64. The fourth-order valence-electron chi connectivity index (χ4n) is 2.96. The number of aryl methyl sites for hydroxylation is 2. The van der Waals surface area contributed by atoms with Crippen molar-refractivity contribution in [2.75, 3.05) is 22.1 Å². The number of thiocarbonyl (C=S) groups is 1. The Kier molecular flexibility index (Phi) is 10.0. The molecule has 36 heavy (non-hydrogen) atoms. The quantitative estimate of drug-likeness (QED) is 0.172. The van der Waals surface area contributed by atoms with Crippen LogP contribution in [-0.2, 0) is 4.79 Å². The highest BCUT2D eigenvalue weighted by Gasteiger charge is 2.31. The molecular formula is C22H20F8N2OS3. The van der Waals surface area contributed by atoms with Crippen LogP contribution in [0.2, 0.25) is 0 Å². The third kappa shape index (κ3) is 8.80. The fourth-order valence-corrected chi connectivity index (χ4v) is 4.88. The lowest BCUT2D eigenvalue weighted by atomic mass is 10.2.